The van der Waals surface area contributed by atoms with Gasteiger partial charge in [-0.25, -0.2) is 4.39 Å². The monoisotopic (exact) mass is 648 g/mol. The summed E-state index contributed by atoms with van der Waals surface area (Å²) in [5, 5.41) is 18.1. The van der Waals surface area contributed by atoms with Crippen molar-refractivity contribution in [1.82, 2.24) is 20.8 Å². The number of Topliss-reactive ketones (excluding diaryl/α,β-unsaturated/α-hetero) is 1. The van der Waals surface area contributed by atoms with Crippen LogP contribution in [-0.4, -0.2) is 64.6 Å². The van der Waals surface area contributed by atoms with E-state index in [0.717, 1.165) is 6.07 Å². The quantitative estimate of drug-likeness (QED) is 0.236. The maximum absolute atomic E-state index is 14.1. The van der Waals surface area contributed by atoms with Gasteiger partial charge in [-0.15, -0.1) is 0 Å². The van der Waals surface area contributed by atoms with Crippen molar-refractivity contribution in [3.63, 3.8) is 0 Å². The lowest BCUT2D eigenvalue weighted by molar-refractivity contribution is -0.141. The lowest BCUT2D eigenvalue weighted by Gasteiger charge is -2.25. The highest BCUT2D eigenvalue weighted by molar-refractivity contribution is 9.10. The third-order valence-electron chi connectivity index (χ3n) is 6.02. The standard InChI is InChI=1S/C28H30BrFN4O8/c1-14(2)26(33-24(36)10-17-9-16(5-7-22(17)40-4)28-31-15(3)34-42-28)27(39)32-20(12-25(37)38)21(35)13-41-23-8-6-18(29)11-19(23)30/h5-9,11,14,20,26H,10,12-13H2,1-4H3,(H,32,39)(H,33,36)(H,37,38)/t20-,26-/m0/s1. The summed E-state index contributed by atoms with van der Waals surface area (Å²) in [7, 11) is 1.45. The first-order chi connectivity index (χ1) is 19.9. The second-order valence-corrected chi connectivity index (χ2v) is 10.5. The molecule has 0 aliphatic rings. The van der Waals surface area contributed by atoms with Crippen LogP contribution in [0.1, 0.15) is 31.7 Å². The molecule has 0 bridgehead atoms. The number of carboxylic acid groups (broad SMARTS) is 1. The minimum absolute atomic E-state index is 0.176. The average molecular weight is 649 g/mol. The predicted octanol–water partition coefficient (Wildman–Crippen LogP) is 3.25. The van der Waals surface area contributed by atoms with E-state index in [-0.39, 0.29) is 18.1 Å². The fourth-order valence-electron chi connectivity index (χ4n) is 3.92. The Bertz CT molecular complexity index is 1460. The highest BCUT2D eigenvalue weighted by Gasteiger charge is 2.30. The molecule has 1 heterocycles. The number of carbonyl (C=O) groups is 4. The van der Waals surface area contributed by atoms with E-state index < -0.39 is 60.4 Å². The number of benzene rings is 2. The predicted molar refractivity (Wildman–Crippen MR) is 150 cm³/mol. The molecule has 42 heavy (non-hydrogen) atoms. The van der Waals surface area contributed by atoms with Gasteiger partial charge in [-0.2, -0.15) is 4.98 Å². The molecule has 3 rings (SSSR count). The number of aliphatic carboxylic acids is 1. The zero-order valence-electron chi connectivity index (χ0n) is 23.3. The van der Waals surface area contributed by atoms with Crippen LogP contribution in [0.4, 0.5) is 4.39 Å². The fourth-order valence-corrected chi connectivity index (χ4v) is 4.25. The van der Waals surface area contributed by atoms with E-state index in [2.05, 4.69) is 36.7 Å². The number of carbonyl (C=O) groups excluding carboxylic acids is 3. The van der Waals surface area contributed by atoms with Gasteiger partial charge in [0.1, 0.15) is 24.4 Å². The smallest absolute Gasteiger partial charge is 0.305 e. The first-order valence-electron chi connectivity index (χ1n) is 12.8. The van der Waals surface area contributed by atoms with Crippen molar-refractivity contribution >= 4 is 39.5 Å². The van der Waals surface area contributed by atoms with Gasteiger partial charge in [0.2, 0.25) is 11.8 Å². The molecule has 0 fully saturated rings. The molecule has 0 spiro atoms. The van der Waals surface area contributed by atoms with Crippen molar-refractivity contribution < 1.29 is 42.7 Å². The van der Waals surface area contributed by atoms with Gasteiger partial charge in [0.25, 0.3) is 5.89 Å². The molecule has 1 aromatic heterocycles. The normalized spacial score (nSPS) is 12.4. The number of rotatable bonds is 14. The van der Waals surface area contributed by atoms with Crippen molar-refractivity contribution in [2.45, 2.75) is 45.7 Å². The molecule has 0 saturated carbocycles. The van der Waals surface area contributed by atoms with Crippen LogP contribution < -0.4 is 20.1 Å². The van der Waals surface area contributed by atoms with E-state index in [1.54, 1.807) is 39.0 Å². The lowest BCUT2D eigenvalue weighted by Crippen LogP contribution is -2.54. The molecule has 14 heteroatoms. The Kier molecular flexibility index (Phi) is 11.1. The van der Waals surface area contributed by atoms with E-state index in [1.807, 2.05) is 0 Å². The minimum Gasteiger partial charge on any atom is -0.496 e. The van der Waals surface area contributed by atoms with Gasteiger partial charge in [0.05, 0.1) is 20.0 Å². The molecule has 0 unspecified atom stereocenters. The molecule has 0 saturated heterocycles. The SMILES string of the molecule is COc1ccc(-c2nc(C)no2)cc1CC(=O)N[C@H](C(=O)N[C@@H](CC(=O)O)C(=O)COc1ccc(Br)cc1F)C(C)C. The highest BCUT2D eigenvalue weighted by Crippen LogP contribution is 2.26. The third-order valence-corrected chi connectivity index (χ3v) is 6.51. The number of nitrogens with zero attached hydrogens (tertiary/aromatic N) is 2. The van der Waals surface area contributed by atoms with Crippen LogP contribution in [0.5, 0.6) is 11.5 Å². The Morgan fingerprint density at radius 2 is 1.81 bits per heavy atom. The maximum Gasteiger partial charge on any atom is 0.305 e. The van der Waals surface area contributed by atoms with Crippen LogP contribution in [0.15, 0.2) is 45.4 Å². The van der Waals surface area contributed by atoms with E-state index in [0.29, 0.717) is 27.2 Å². The number of ketones is 1. The van der Waals surface area contributed by atoms with Gasteiger partial charge >= 0.3 is 5.97 Å². The number of halogens is 2. The summed E-state index contributed by atoms with van der Waals surface area (Å²) in [6.07, 6.45) is -0.917. The number of hydrogen-bond donors (Lipinski definition) is 3. The molecule has 12 nitrogen and oxygen atoms in total. The first-order valence-corrected chi connectivity index (χ1v) is 13.6. The number of ether oxygens (including phenoxy) is 2. The van der Waals surface area contributed by atoms with Crippen LogP contribution in [0.2, 0.25) is 0 Å². The number of methoxy groups -OCH3 is 1. The van der Waals surface area contributed by atoms with Crippen LogP contribution in [0.3, 0.4) is 0 Å². The van der Waals surface area contributed by atoms with Crippen LogP contribution in [-0.2, 0) is 25.6 Å². The van der Waals surface area contributed by atoms with Gasteiger partial charge in [-0.05, 0) is 49.2 Å². The number of hydrogen-bond acceptors (Lipinski definition) is 9. The number of aromatic nitrogens is 2. The topological polar surface area (TPSA) is 170 Å². The number of amides is 2. The molecular weight excluding hydrogens is 619 g/mol. The van der Waals surface area contributed by atoms with Crippen molar-refractivity contribution in [3.05, 3.63) is 58.1 Å². The molecular formula is C28H30BrFN4O8. The summed E-state index contributed by atoms with van der Waals surface area (Å²) in [6, 6.07) is 6.36. The summed E-state index contributed by atoms with van der Waals surface area (Å²) in [4.78, 5) is 54.6. The maximum atomic E-state index is 14.1. The van der Waals surface area contributed by atoms with Crippen LogP contribution in [0, 0.1) is 18.7 Å². The van der Waals surface area contributed by atoms with Crippen molar-refractivity contribution in [2.75, 3.05) is 13.7 Å². The zero-order valence-corrected chi connectivity index (χ0v) is 24.9. The average Bonchev–Trinajstić information content (AvgIpc) is 3.36. The molecule has 2 atom stereocenters. The summed E-state index contributed by atoms with van der Waals surface area (Å²) in [5.41, 5.74) is 1.06. The Labute approximate surface area is 249 Å². The zero-order chi connectivity index (χ0) is 31.0. The summed E-state index contributed by atoms with van der Waals surface area (Å²) in [6.45, 7) is 4.34. The van der Waals surface area contributed by atoms with Crippen molar-refractivity contribution in [2.24, 2.45) is 5.92 Å². The second-order valence-electron chi connectivity index (χ2n) is 9.63. The largest absolute Gasteiger partial charge is 0.496 e. The number of aryl methyl sites for hydroxylation is 1. The molecule has 3 aromatic rings. The van der Waals surface area contributed by atoms with E-state index >= 15 is 0 Å². The molecule has 0 radical (unpaired) electrons. The Balaban J connectivity index is 1.70. The molecule has 0 aliphatic carbocycles. The van der Waals surface area contributed by atoms with Crippen LogP contribution in [0.25, 0.3) is 11.5 Å². The fraction of sp³-hybridized carbons (Fsp3) is 0.357. The van der Waals surface area contributed by atoms with Gasteiger partial charge < -0.3 is 29.7 Å². The van der Waals surface area contributed by atoms with E-state index in [1.165, 1.54) is 19.2 Å². The van der Waals surface area contributed by atoms with Gasteiger partial charge in [0, 0.05) is 15.6 Å². The van der Waals surface area contributed by atoms with Gasteiger partial charge in [-0.3, -0.25) is 19.2 Å². The Morgan fingerprint density at radius 1 is 1.10 bits per heavy atom. The molecule has 0 aliphatic heterocycles. The molecule has 2 aromatic carbocycles. The van der Waals surface area contributed by atoms with Crippen LogP contribution >= 0.6 is 15.9 Å². The lowest BCUT2D eigenvalue weighted by atomic mass is 10.0. The van der Waals surface area contributed by atoms with Gasteiger partial charge in [0.15, 0.2) is 23.2 Å². The highest BCUT2D eigenvalue weighted by atomic mass is 79.9. The van der Waals surface area contributed by atoms with Crippen molar-refractivity contribution in [3.8, 4) is 23.0 Å². The molecule has 3 N–H and O–H groups in total. The summed E-state index contributed by atoms with van der Waals surface area (Å²) < 4.78 is 30.3. The van der Waals surface area contributed by atoms with Gasteiger partial charge in [-0.1, -0.05) is 34.9 Å². The number of nitrogens with one attached hydrogen (secondary N) is 2. The first kappa shape index (κ1) is 32.2. The van der Waals surface area contributed by atoms with E-state index in [9.17, 15) is 28.7 Å². The number of carboxylic acids is 1. The molecule has 224 valence electrons. The summed E-state index contributed by atoms with van der Waals surface area (Å²) in [5.74, 6) is -3.69. The van der Waals surface area contributed by atoms with Crippen molar-refractivity contribution in [1.29, 1.82) is 0 Å². The van der Waals surface area contributed by atoms with E-state index in [4.69, 9.17) is 14.0 Å². The second kappa shape index (κ2) is 14.5. The molecule has 2 amide bonds. The summed E-state index contributed by atoms with van der Waals surface area (Å²) >= 11 is 3.11. The minimum atomic E-state index is -1.48. The Morgan fingerprint density at radius 3 is 2.40 bits per heavy atom. The Hall–Kier alpha value is -4.33. The third kappa shape index (κ3) is 8.83.